The van der Waals surface area contributed by atoms with Gasteiger partial charge < -0.3 is 4.90 Å². The molecule has 70 valence electrons. The van der Waals surface area contributed by atoms with Gasteiger partial charge >= 0.3 is 0 Å². The van der Waals surface area contributed by atoms with Gasteiger partial charge in [0.15, 0.2) is 0 Å². The van der Waals surface area contributed by atoms with Crippen molar-refractivity contribution in [1.29, 1.82) is 0 Å². The van der Waals surface area contributed by atoms with Crippen LogP contribution in [0.2, 0.25) is 0 Å². The molecule has 1 saturated heterocycles. The van der Waals surface area contributed by atoms with Gasteiger partial charge in [-0.2, -0.15) is 0 Å². The maximum Gasteiger partial charge on any atom is 0.131 e. The molecule has 0 N–H and O–H groups in total. The fourth-order valence-electron chi connectivity index (χ4n) is 1.97. The lowest BCUT2D eigenvalue weighted by Crippen LogP contribution is -2.20. The molecular weight excluding hydrogens is 160 g/mol. The highest BCUT2D eigenvalue weighted by molar-refractivity contribution is 5.47. The molecule has 2 rings (SSSR count). The predicted molar refractivity (Wildman–Crippen MR) is 55.2 cm³/mol. The summed E-state index contributed by atoms with van der Waals surface area (Å²) in [6, 6.07) is 2.21. The van der Waals surface area contributed by atoms with Crippen LogP contribution in [-0.2, 0) is 0 Å². The third kappa shape index (κ3) is 1.67. The van der Waals surface area contributed by atoms with E-state index in [0.29, 0.717) is 0 Å². The Morgan fingerprint density at radius 2 is 1.92 bits per heavy atom. The third-order valence-corrected chi connectivity index (χ3v) is 2.59. The lowest BCUT2D eigenvalue weighted by Gasteiger charge is -2.18. The van der Waals surface area contributed by atoms with Crippen molar-refractivity contribution in [3.63, 3.8) is 0 Å². The van der Waals surface area contributed by atoms with Gasteiger partial charge in [0.25, 0.3) is 0 Å². The van der Waals surface area contributed by atoms with Gasteiger partial charge in [0.2, 0.25) is 0 Å². The van der Waals surface area contributed by atoms with Gasteiger partial charge in [0, 0.05) is 19.3 Å². The molecule has 0 aromatic carbocycles. The fourth-order valence-corrected chi connectivity index (χ4v) is 1.97. The summed E-state index contributed by atoms with van der Waals surface area (Å²) >= 11 is 0. The van der Waals surface area contributed by atoms with Crippen LogP contribution >= 0.6 is 0 Å². The highest BCUT2D eigenvalue weighted by Gasteiger charge is 2.14. The Morgan fingerprint density at radius 1 is 1.23 bits per heavy atom. The molecule has 1 aliphatic heterocycles. The second-order valence-corrected chi connectivity index (χ2v) is 3.85. The number of nitrogens with zero attached hydrogens (tertiary/aromatic N) is 2. The summed E-state index contributed by atoms with van der Waals surface area (Å²) in [5.74, 6) is 1.18. The van der Waals surface area contributed by atoms with Crippen LogP contribution < -0.4 is 4.90 Å². The van der Waals surface area contributed by atoms with Crippen molar-refractivity contribution in [3.8, 4) is 0 Å². The van der Waals surface area contributed by atoms with E-state index >= 15 is 0 Å². The second-order valence-electron chi connectivity index (χ2n) is 3.85. The zero-order chi connectivity index (χ0) is 9.26. The topological polar surface area (TPSA) is 16.1 Å². The maximum absolute atomic E-state index is 4.49. The molecule has 1 aromatic rings. The molecule has 0 bridgehead atoms. The molecule has 13 heavy (non-hydrogen) atoms. The molecule has 0 radical (unpaired) electrons. The van der Waals surface area contributed by atoms with Crippen LogP contribution in [0.5, 0.6) is 0 Å². The molecule has 2 nitrogen and oxygen atoms in total. The first-order valence-corrected chi connectivity index (χ1v) is 4.95. The molecule has 1 aliphatic rings. The smallest absolute Gasteiger partial charge is 0.131 e. The summed E-state index contributed by atoms with van der Waals surface area (Å²) in [7, 11) is 0. The fraction of sp³-hybridized carbons (Fsp3) is 0.545. The molecular formula is C11H16N2. The van der Waals surface area contributed by atoms with Crippen LogP contribution in [0, 0.1) is 13.8 Å². The number of anilines is 1. The molecule has 0 spiro atoms. The van der Waals surface area contributed by atoms with E-state index in [-0.39, 0.29) is 0 Å². The van der Waals surface area contributed by atoms with E-state index < -0.39 is 0 Å². The summed E-state index contributed by atoms with van der Waals surface area (Å²) in [5, 5.41) is 0. The van der Waals surface area contributed by atoms with Gasteiger partial charge in [-0.15, -0.1) is 0 Å². The SMILES string of the molecule is Cc1cnc(N2CCCC2)c(C)c1. The van der Waals surface area contributed by atoms with Crippen molar-refractivity contribution >= 4 is 5.82 Å². The monoisotopic (exact) mass is 176 g/mol. The normalized spacial score (nSPS) is 16.6. The zero-order valence-corrected chi connectivity index (χ0v) is 8.38. The predicted octanol–water partition coefficient (Wildman–Crippen LogP) is 2.30. The van der Waals surface area contributed by atoms with E-state index in [2.05, 4.69) is 29.8 Å². The molecule has 0 amide bonds. The minimum absolute atomic E-state index is 1.18. The molecule has 0 aliphatic carbocycles. The van der Waals surface area contributed by atoms with Gasteiger partial charge in [-0.25, -0.2) is 4.98 Å². The molecule has 0 saturated carbocycles. The summed E-state index contributed by atoms with van der Waals surface area (Å²) in [6.45, 7) is 6.59. The van der Waals surface area contributed by atoms with Crippen LogP contribution in [0.15, 0.2) is 12.3 Å². The molecule has 2 heteroatoms. The van der Waals surface area contributed by atoms with Crippen molar-refractivity contribution in [1.82, 2.24) is 4.98 Å². The number of rotatable bonds is 1. The summed E-state index contributed by atoms with van der Waals surface area (Å²) in [5.41, 5.74) is 2.56. The average molecular weight is 176 g/mol. The van der Waals surface area contributed by atoms with Crippen molar-refractivity contribution in [3.05, 3.63) is 23.4 Å². The van der Waals surface area contributed by atoms with Gasteiger partial charge in [-0.3, -0.25) is 0 Å². The number of hydrogen-bond donors (Lipinski definition) is 0. The van der Waals surface area contributed by atoms with Gasteiger partial charge in [-0.05, 0) is 37.8 Å². The van der Waals surface area contributed by atoms with Crippen molar-refractivity contribution in [2.45, 2.75) is 26.7 Å². The van der Waals surface area contributed by atoms with Crippen LogP contribution in [-0.4, -0.2) is 18.1 Å². The molecule has 1 aromatic heterocycles. The number of pyridine rings is 1. The van der Waals surface area contributed by atoms with Gasteiger partial charge in [-0.1, -0.05) is 6.07 Å². The Morgan fingerprint density at radius 3 is 2.54 bits per heavy atom. The molecule has 1 fully saturated rings. The van der Waals surface area contributed by atoms with Gasteiger partial charge in [0.05, 0.1) is 0 Å². The van der Waals surface area contributed by atoms with Crippen LogP contribution in [0.25, 0.3) is 0 Å². The largest absolute Gasteiger partial charge is 0.356 e. The highest BCUT2D eigenvalue weighted by Crippen LogP contribution is 2.21. The third-order valence-electron chi connectivity index (χ3n) is 2.59. The van der Waals surface area contributed by atoms with Crippen molar-refractivity contribution in [2.75, 3.05) is 18.0 Å². The Bertz CT molecular complexity index is 301. The summed E-state index contributed by atoms with van der Waals surface area (Å²) in [4.78, 5) is 6.87. The quantitative estimate of drug-likeness (QED) is 0.652. The summed E-state index contributed by atoms with van der Waals surface area (Å²) < 4.78 is 0. The Labute approximate surface area is 79.6 Å². The van der Waals surface area contributed by atoms with Crippen molar-refractivity contribution < 1.29 is 0 Å². The van der Waals surface area contributed by atoms with E-state index in [1.807, 2.05) is 6.20 Å². The lowest BCUT2D eigenvalue weighted by atomic mass is 10.2. The highest BCUT2D eigenvalue weighted by atomic mass is 15.2. The first-order chi connectivity index (χ1) is 6.27. The molecule has 2 heterocycles. The Hall–Kier alpha value is -1.05. The van der Waals surface area contributed by atoms with Gasteiger partial charge in [0.1, 0.15) is 5.82 Å². The standard InChI is InChI=1S/C11H16N2/c1-9-7-10(2)11(12-8-9)13-5-3-4-6-13/h7-8H,3-6H2,1-2H3. The minimum Gasteiger partial charge on any atom is -0.356 e. The first-order valence-electron chi connectivity index (χ1n) is 4.95. The van der Waals surface area contributed by atoms with E-state index in [9.17, 15) is 0 Å². The van der Waals surface area contributed by atoms with Crippen LogP contribution in [0.3, 0.4) is 0 Å². The second kappa shape index (κ2) is 3.36. The molecule has 0 unspecified atom stereocenters. The van der Waals surface area contributed by atoms with E-state index in [1.54, 1.807) is 0 Å². The Kier molecular flexibility index (Phi) is 2.21. The van der Waals surface area contributed by atoms with Crippen LogP contribution in [0.4, 0.5) is 5.82 Å². The van der Waals surface area contributed by atoms with Crippen LogP contribution in [0.1, 0.15) is 24.0 Å². The maximum atomic E-state index is 4.49. The molecule has 0 atom stereocenters. The number of hydrogen-bond acceptors (Lipinski definition) is 2. The number of aromatic nitrogens is 1. The zero-order valence-electron chi connectivity index (χ0n) is 8.38. The Balaban J connectivity index is 2.29. The van der Waals surface area contributed by atoms with E-state index in [1.165, 1.54) is 42.9 Å². The van der Waals surface area contributed by atoms with Crippen molar-refractivity contribution in [2.24, 2.45) is 0 Å². The first kappa shape index (κ1) is 8.54. The van der Waals surface area contributed by atoms with E-state index in [0.717, 1.165) is 0 Å². The lowest BCUT2D eigenvalue weighted by molar-refractivity contribution is 0.925. The van der Waals surface area contributed by atoms with E-state index in [4.69, 9.17) is 0 Å². The number of aryl methyl sites for hydroxylation is 2. The summed E-state index contributed by atoms with van der Waals surface area (Å²) in [6.07, 6.45) is 4.59. The average Bonchev–Trinajstić information content (AvgIpc) is 2.56. The minimum atomic E-state index is 1.18.